The first-order chi connectivity index (χ1) is 22.2. The molecular weight excluding hydrogens is 613 g/mol. The molecule has 1 aliphatic rings. The SMILES string of the molecule is Cc1ccc(NC(=O)c2cccc(C(F)(F)F)c2)cc1N1Cc2cnc(Nc3cccc(NC(=O)[C@@H](N)C(C)C)c3)nc2N(C)C1=O. The van der Waals surface area contributed by atoms with Crippen LogP contribution in [0, 0.1) is 12.8 Å². The number of nitrogens with one attached hydrogen (secondary N) is 3. The van der Waals surface area contributed by atoms with Crippen molar-refractivity contribution in [2.24, 2.45) is 11.7 Å². The Morgan fingerprint density at radius 2 is 1.66 bits per heavy atom. The highest BCUT2D eigenvalue weighted by Gasteiger charge is 2.33. The lowest BCUT2D eigenvalue weighted by atomic mass is 10.0. The lowest BCUT2D eigenvalue weighted by molar-refractivity contribution is -0.137. The maximum atomic E-state index is 13.6. The van der Waals surface area contributed by atoms with Crippen molar-refractivity contribution >= 4 is 52.4 Å². The van der Waals surface area contributed by atoms with E-state index in [9.17, 15) is 27.6 Å². The van der Waals surface area contributed by atoms with Gasteiger partial charge in [-0.15, -0.1) is 0 Å². The van der Waals surface area contributed by atoms with E-state index in [0.29, 0.717) is 34.1 Å². The number of urea groups is 1. The fraction of sp³-hybridized carbons (Fsp3) is 0.242. The van der Waals surface area contributed by atoms with E-state index in [-0.39, 0.29) is 29.9 Å². The average Bonchev–Trinajstić information content (AvgIpc) is 3.03. The van der Waals surface area contributed by atoms with Crippen molar-refractivity contribution in [2.75, 3.05) is 32.8 Å². The third-order valence-corrected chi connectivity index (χ3v) is 7.62. The molecule has 0 unspecified atom stereocenters. The van der Waals surface area contributed by atoms with Gasteiger partial charge in [-0.2, -0.15) is 18.2 Å². The van der Waals surface area contributed by atoms with Gasteiger partial charge in [-0.3, -0.25) is 19.4 Å². The number of nitrogens with zero attached hydrogens (tertiary/aromatic N) is 4. The predicted molar refractivity (Wildman–Crippen MR) is 174 cm³/mol. The van der Waals surface area contributed by atoms with Crippen LogP contribution in [0.1, 0.15) is 40.9 Å². The second kappa shape index (κ2) is 13.1. The lowest BCUT2D eigenvalue weighted by Crippen LogP contribution is -2.46. The van der Waals surface area contributed by atoms with Crippen LogP contribution in [0.15, 0.2) is 72.9 Å². The van der Waals surface area contributed by atoms with E-state index in [1.807, 2.05) is 13.8 Å². The Morgan fingerprint density at radius 1 is 0.957 bits per heavy atom. The monoisotopic (exact) mass is 646 g/mol. The summed E-state index contributed by atoms with van der Waals surface area (Å²) in [5.41, 5.74) is 8.18. The third-order valence-electron chi connectivity index (χ3n) is 7.62. The van der Waals surface area contributed by atoms with Gasteiger partial charge in [0.2, 0.25) is 11.9 Å². The summed E-state index contributed by atoms with van der Waals surface area (Å²) in [6.45, 7) is 5.65. The summed E-state index contributed by atoms with van der Waals surface area (Å²) < 4.78 is 39.4. The maximum Gasteiger partial charge on any atom is 0.416 e. The predicted octanol–water partition coefficient (Wildman–Crippen LogP) is 6.30. The molecule has 0 bridgehead atoms. The number of carbonyl (C=O) groups excluding carboxylic acids is 3. The molecule has 14 heteroatoms. The van der Waals surface area contributed by atoms with E-state index >= 15 is 0 Å². The Morgan fingerprint density at radius 3 is 2.38 bits per heavy atom. The summed E-state index contributed by atoms with van der Waals surface area (Å²) in [5, 5.41) is 8.52. The molecule has 5 N–H and O–H groups in total. The second-order valence-corrected chi connectivity index (χ2v) is 11.5. The van der Waals surface area contributed by atoms with Crippen molar-refractivity contribution in [3.63, 3.8) is 0 Å². The number of fused-ring (bicyclic) bond motifs is 1. The molecule has 2 heterocycles. The maximum absolute atomic E-state index is 13.6. The van der Waals surface area contributed by atoms with E-state index in [4.69, 9.17) is 5.73 Å². The zero-order valence-electron chi connectivity index (χ0n) is 26.0. The molecule has 0 radical (unpaired) electrons. The lowest BCUT2D eigenvalue weighted by Gasteiger charge is -2.35. The van der Waals surface area contributed by atoms with Gasteiger partial charge < -0.3 is 21.7 Å². The summed E-state index contributed by atoms with van der Waals surface area (Å²) in [6, 6.07) is 15.0. The van der Waals surface area contributed by atoms with Gasteiger partial charge in [-0.25, -0.2) is 9.78 Å². The van der Waals surface area contributed by atoms with E-state index in [0.717, 1.165) is 17.7 Å². The standard InChI is InChI=1S/C33H33F3N8O3/c1-18(2)27(37)30(46)40-23-9-6-10-24(14-23)41-31-38-16-21-17-44(32(47)43(4)28(21)42-31)26-15-25(12-11-19(26)3)39-29(45)20-7-5-8-22(13-20)33(34,35)36/h5-16,18,27H,17,37H2,1-4H3,(H,39,45)(H,40,46)(H,38,41,42)/t27-/m0/s1. The van der Waals surface area contributed by atoms with Crippen molar-refractivity contribution in [3.05, 3.63) is 95.2 Å². The zero-order chi connectivity index (χ0) is 34.0. The number of anilines is 6. The number of halogens is 3. The topological polar surface area (TPSA) is 146 Å². The molecule has 1 aliphatic heterocycles. The minimum Gasteiger partial charge on any atom is -0.325 e. The molecule has 5 rings (SSSR count). The molecule has 11 nitrogen and oxygen atoms in total. The zero-order valence-corrected chi connectivity index (χ0v) is 26.0. The van der Waals surface area contributed by atoms with Gasteiger partial charge in [-0.1, -0.05) is 32.0 Å². The van der Waals surface area contributed by atoms with E-state index in [1.165, 1.54) is 21.9 Å². The Labute approximate surface area is 269 Å². The van der Waals surface area contributed by atoms with Gasteiger partial charge in [0.25, 0.3) is 5.91 Å². The van der Waals surface area contributed by atoms with Crippen LogP contribution in [-0.2, 0) is 17.5 Å². The highest BCUT2D eigenvalue weighted by atomic mass is 19.4. The van der Waals surface area contributed by atoms with Crippen molar-refractivity contribution in [1.29, 1.82) is 0 Å². The number of rotatable bonds is 8. The molecule has 0 fully saturated rings. The molecule has 1 aromatic heterocycles. The number of benzene rings is 3. The second-order valence-electron chi connectivity index (χ2n) is 11.5. The van der Waals surface area contributed by atoms with Crippen LogP contribution in [0.5, 0.6) is 0 Å². The molecule has 47 heavy (non-hydrogen) atoms. The van der Waals surface area contributed by atoms with Crippen molar-refractivity contribution in [2.45, 2.75) is 39.5 Å². The number of amides is 4. The van der Waals surface area contributed by atoms with E-state index in [1.54, 1.807) is 62.6 Å². The molecule has 4 aromatic rings. The molecule has 0 saturated heterocycles. The Balaban J connectivity index is 1.32. The molecule has 4 amide bonds. The molecule has 0 spiro atoms. The Bertz CT molecular complexity index is 1850. The van der Waals surface area contributed by atoms with Gasteiger partial charge in [0.15, 0.2) is 0 Å². The minimum absolute atomic E-state index is 0.0254. The normalized spacial score (nSPS) is 13.7. The van der Waals surface area contributed by atoms with Gasteiger partial charge in [-0.05, 0) is 66.9 Å². The van der Waals surface area contributed by atoms with Crippen LogP contribution < -0.4 is 31.5 Å². The number of aryl methyl sites for hydroxylation is 1. The number of nitrogens with two attached hydrogens (primary N) is 1. The Hall–Kier alpha value is -5.50. The summed E-state index contributed by atoms with van der Waals surface area (Å²) in [4.78, 5) is 50.6. The molecular formula is C33H33F3N8O3. The average molecular weight is 647 g/mol. The summed E-state index contributed by atoms with van der Waals surface area (Å²) in [6.07, 6.45) is -2.99. The number of carbonyl (C=O) groups is 3. The third kappa shape index (κ3) is 7.33. The largest absolute Gasteiger partial charge is 0.416 e. The number of alkyl halides is 3. The van der Waals surface area contributed by atoms with Crippen molar-refractivity contribution < 1.29 is 27.6 Å². The quantitative estimate of drug-likeness (QED) is 0.176. The fourth-order valence-electron chi connectivity index (χ4n) is 4.91. The van der Waals surface area contributed by atoms with Crippen LogP contribution in [0.2, 0.25) is 0 Å². The smallest absolute Gasteiger partial charge is 0.325 e. The number of aromatic nitrogens is 2. The van der Waals surface area contributed by atoms with Gasteiger partial charge in [0, 0.05) is 41.4 Å². The molecule has 1 atom stereocenters. The molecule has 0 saturated carbocycles. The molecule has 3 aromatic carbocycles. The first-order valence-electron chi connectivity index (χ1n) is 14.6. The van der Waals surface area contributed by atoms with Gasteiger partial charge in [0.05, 0.1) is 23.8 Å². The van der Waals surface area contributed by atoms with E-state index < -0.39 is 29.7 Å². The first-order valence-corrected chi connectivity index (χ1v) is 14.6. The van der Waals surface area contributed by atoms with Crippen LogP contribution in [-0.4, -0.2) is 40.9 Å². The molecule has 244 valence electrons. The van der Waals surface area contributed by atoms with Crippen molar-refractivity contribution in [1.82, 2.24) is 9.97 Å². The van der Waals surface area contributed by atoms with Crippen LogP contribution in [0.4, 0.5) is 52.5 Å². The fourth-order valence-corrected chi connectivity index (χ4v) is 4.91. The van der Waals surface area contributed by atoms with Crippen molar-refractivity contribution in [3.8, 4) is 0 Å². The highest BCUT2D eigenvalue weighted by Crippen LogP contribution is 2.34. The van der Waals surface area contributed by atoms with Crippen LogP contribution in [0.25, 0.3) is 0 Å². The van der Waals surface area contributed by atoms with E-state index in [2.05, 4.69) is 25.9 Å². The number of hydrogen-bond donors (Lipinski definition) is 4. The van der Waals surface area contributed by atoms with Crippen LogP contribution >= 0.6 is 0 Å². The Kier molecular flexibility index (Phi) is 9.15. The minimum atomic E-state index is -4.59. The summed E-state index contributed by atoms with van der Waals surface area (Å²) >= 11 is 0. The summed E-state index contributed by atoms with van der Waals surface area (Å²) in [5.74, 6) is -0.426. The summed E-state index contributed by atoms with van der Waals surface area (Å²) in [7, 11) is 1.58. The highest BCUT2D eigenvalue weighted by molar-refractivity contribution is 6.07. The first kappa shape index (κ1) is 32.9. The van der Waals surface area contributed by atoms with Gasteiger partial charge in [0.1, 0.15) is 5.82 Å². The van der Waals surface area contributed by atoms with Crippen LogP contribution in [0.3, 0.4) is 0 Å². The molecule has 0 aliphatic carbocycles. The van der Waals surface area contributed by atoms with Gasteiger partial charge >= 0.3 is 12.2 Å². The number of hydrogen-bond acceptors (Lipinski definition) is 7.